The summed E-state index contributed by atoms with van der Waals surface area (Å²) in [5.74, 6) is -2.43. The minimum absolute atomic E-state index is 0.0292. The molecule has 4 amide bonds. The quantitative estimate of drug-likeness (QED) is 0.0554. The highest BCUT2D eigenvalue weighted by atomic mass is 32.2. The second-order valence-corrected chi connectivity index (χ2v) is 13.4. The van der Waals surface area contributed by atoms with Gasteiger partial charge >= 0.3 is 5.97 Å². The number of esters is 1. The lowest BCUT2D eigenvalue weighted by Gasteiger charge is -2.12. The summed E-state index contributed by atoms with van der Waals surface area (Å²) in [5.41, 5.74) is 2.82. The number of anilines is 3. The van der Waals surface area contributed by atoms with Gasteiger partial charge in [0.2, 0.25) is 5.91 Å². The lowest BCUT2D eigenvalue weighted by molar-refractivity contribution is -0.114. The number of ether oxygens (including phenoxy) is 1. The summed E-state index contributed by atoms with van der Waals surface area (Å²) < 4.78 is 5.22. The van der Waals surface area contributed by atoms with Crippen molar-refractivity contribution in [3.05, 3.63) is 135 Å². The molecule has 5 aromatic rings. The van der Waals surface area contributed by atoms with Gasteiger partial charge in [-0.3, -0.25) is 19.2 Å². The Bertz CT molecular complexity index is 2030. The first-order chi connectivity index (χ1) is 24.2. The molecule has 0 fully saturated rings. The van der Waals surface area contributed by atoms with Gasteiger partial charge in [-0.1, -0.05) is 42.5 Å². The molecule has 0 bridgehead atoms. The van der Waals surface area contributed by atoms with E-state index in [0.717, 1.165) is 16.9 Å². The maximum absolute atomic E-state index is 13.4. The fourth-order valence-electron chi connectivity index (χ4n) is 4.62. The number of carbonyl (C=O) groups excluding carboxylic acids is 5. The number of amides is 4. The minimum Gasteiger partial charge on any atom is -0.462 e. The summed E-state index contributed by atoms with van der Waals surface area (Å²) in [5, 5.41) is 15.1. The van der Waals surface area contributed by atoms with Crippen molar-refractivity contribution >= 4 is 86.5 Å². The zero-order valence-electron chi connectivity index (χ0n) is 27.0. The highest BCUT2D eigenvalue weighted by Crippen LogP contribution is 2.35. The van der Waals surface area contributed by atoms with Gasteiger partial charge in [-0.25, -0.2) is 4.79 Å². The molecule has 0 radical (unpaired) electrons. The highest BCUT2D eigenvalue weighted by Gasteiger charge is 2.27. The molecule has 0 atom stereocenters. The number of para-hydroxylation sites is 1. The molecule has 4 N–H and O–H groups in total. The van der Waals surface area contributed by atoms with Crippen molar-refractivity contribution < 1.29 is 28.7 Å². The van der Waals surface area contributed by atoms with E-state index in [0.29, 0.717) is 27.4 Å². The van der Waals surface area contributed by atoms with E-state index in [9.17, 15) is 24.0 Å². The molecule has 0 aliphatic carbocycles. The predicted molar refractivity (Wildman–Crippen MR) is 200 cm³/mol. The average molecular weight is 725 g/mol. The summed E-state index contributed by atoms with van der Waals surface area (Å²) in [6.45, 7) is 3.44. The number of thioether (sulfide) groups is 1. The van der Waals surface area contributed by atoms with Crippen LogP contribution in [0.3, 0.4) is 0 Å². The number of hydrogen-bond donors (Lipinski definition) is 4. The number of rotatable bonds is 13. The van der Waals surface area contributed by atoms with Gasteiger partial charge in [-0.2, -0.15) is 11.3 Å². The zero-order valence-corrected chi connectivity index (χ0v) is 29.4. The van der Waals surface area contributed by atoms with Gasteiger partial charge in [0.1, 0.15) is 10.7 Å². The third-order valence-corrected chi connectivity index (χ3v) is 9.86. The molecule has 2 heterocycles. The summed E-state index contributed by atoms with van der Waals surface area (Å²) in [6, 6.07) is 26.3. The molecule has 0 saturated heterocycles. The van der Waals surface area contributed by atoms with Crippen molar-refractivity contribution in [3.8, 4) is 0 Å². The first-order valence-electron chi connectivity index (χ1n) is 15.3. The largest absolute Gasteiger partial charge is 0.462 e. The minimum atomic E-state index is -0.640. The van der Waals surface area contributed by atoms with Crippen molar-refractivity contribution in [1.82, 2.24) is 5.32 Å². The second-order valence-electron chi connectivity index (χ2n) is 10.6. The lowest BCUT2D eigenvalue weighted by Crippen LogP contribution is -2.30. The Labute approximate surface area is 301 Å². The SMILES string of the molecule is CCOC(=O)c1c(NC(=O)CSc2cccc(NC(=O)/C(=C/c3ccsc3)NC(=O)c3ccccc3)c2)sc(C(=O)Nc2ccccc2)c1C. The molecule has 0 unspecified atom stereocenters. The van der Waals surface area contributed by atoms with Crippen molar-refractivity contribution in [3.63, 3.8) is 0 Å². The van der Waals surface area contributed by atoms with Crippen LogP contribution in [0.25, 0.3) is 6.08 Å². The molecule has 2 aromatic heterocycles. The Morgan fingerprint density at radius 1 is 0.820 bits per heavy atom. The van der Waals surface area contributed by atoms with E-state index in [4.69, 9.17) is 4.74 Å². The maximum atomic E-state index is 13.4. The molecule has 0 aliphatic rings. The number of benzene rings is 3. The Balaban J connectivity index is 1.25. The topological polar surface area (TPSA) is 143 Å². The Hall–Kier alpha value is -5.50. The fourth-order valence-corrected chi connectivity index (χ4v) is 7.10. The molecule has 10 nitrogen and oxygen atoms in total. The van der Waals surface area contributed by atoms with Crippen LogP contribution < -0.4 is 21.3 Å². The van der Waals surface area contributed by atoms with Crippen LogP contribution in [0.15, 0.2) is 112 Å². The zero-order chi connectivity index (χ0) is 35.5. The summed E-state index contributed by atoms with van der Waals surface area (Å²) in [4.78, 5) is 66.3. The average Bonchev–Trinajstić information content (AvgIpc) is 3.75. The smallest absolute Gasteiger partial charge is 0.341 e. The highest BCUT2D eigenvalue weighted by molar-refractivity contribution is 8.00. The van der Waals surface area contributed by atoms with Gasteiger partial charge in [0.05, 0.1) is 22.8 Å². The molecule has 50 heavy (non-hydrogen) atoms. The molecule has 0 spiro atoms. The molecular weight excluding hydrogens is 693 g/mol. The molecular formula is C37H32N4O6S3. The van der Waals surface area contributed by atoms with Gasteiger partial charge in [0.15, 0.2) is 0 Å². The van der Waals surface area contributed by atoms with Gasteiger partial charge in [0.25, 0.3) is 17.7 Å². The van der Waals surface area contributed by atoms with Gasteiger partial charge < -0.3 is 26.0 Å². The van der Waals surface area contributed by atoms with Crippen LogP contribution in [0.1, 0.15) is 48.4 Å². The van der Waals surface area contributed by atoms with Gasteiger partial charge in [-0.05, 0) is 90.3 Å². The molecule has 13 heteroatoms. The van der Waals surface area contributed by atoms with E-state index in [1.165, 1.54) is 23.1 Å². The van der Waals surface area contributed by atoms with Crippen molar-refractivity contribution in [2.75, 3.05) is 28.3 Å². The summed E-state index contributed by atoms with van der Waals surface area (Å²) in [7, 11) is 0. The molecule has 0 aliphatic heterocycles. The molecule has 0 saturated carbocycles. The number of carbonyl (C=O) groups is 5. The van der Waals surface area contributed by atoms with Gasteiger partial charge in [-0.15, -0.1) is 23.1 Å². The number of hydrogen-bond acceptors (Lipinski definition) is 9. The first kappa shape index (κ1) is 35.8. The third kappa shape index (κ3) is 9.56. The van der Waals surface area contributed by atoms with Crippen LogP contribution in [-0.4, -0.2) is 42.0 Å². The van der Waals surface area contributed by atoms with E-state index in [-0.39, 0.29) is 33.5 Å². The first-order valence-corrected chi connectivity index (χ1v) is 18.1. The monoisotopic (exact) mass is 724 g/mol. The lowest BCUT2D eigenvalue weighted by atomic mass is 10.1. The molecule has 3 aromatic carbocycles. The maximum Gasteiger partial charge on any atom is 0.341 e. The predicted octanol–water partition coefficient (Wildman–Crippen LogP) is 7.69. The van der Waals surface area contributed by atoms with Crippen LogP contribution in [0.5, 0.6) is 0 Å². The van der Waals surface area contributed by atoms with Crippen LogP contribution >= 0.6 is 34.4 Å². The number of nitrogens with one attached hydrogen (secondary N) is 4. The Morgan fingerprint density at radius 3 is 2.24 bits per heavy atom. The van der Waals surface area contributed by atoms with E-state index in [1.54, 1.807) is 98.8 Å². The van der Waals surface area contributed by atoms with Crippen LogP contribution in [-0.2, 0) is 14.3 Å². The van der Waals surface area contributed by atoms with E-state index < -0.39 is 29.6 Å². The third-order valence-electron chi connectivity index (χ3n) is 6.96. The van der Waals surface area contributed by atoms with Crippen LogP contribution in [0, 0.1) is 6.92 Å². The van der Waals surface area contributed by atoms with Gasteiger partial charge in [0, 0.05) is 21.8 Å². The summed E-state index contributed by atoms with van der Waals surface area (Å²) in [6.07, 6.45) is 1.60. The van der Waals surface area contributed by atoms with Crippen LogP contribution in [0.2, 0.25) is 0 Å². The van der Waals surface area contributed by atoms with Crippen molar-refractivity contribution in [2.24, 2.45) is 0 Å². The van der Waals surface area contributed by atoms with E-state index in [1.807, 2.05) is 22.9 Å². The molecule has 254 valence electrons. The Morgan fingerprint density at radius 2 is 1.54 bits per heavy atom. The van der Waals surface area contributed by atoms with Crippen molar-refractivity contribution in [1.29, 1.82) is 0 Å². The normalized spacial score (nSPS) is 11.0. The van der Waals surface area contributed by atoms with E-state index >= 15 is 0 Å². The fraction of sp³-hybridized carbons (Fsp3) is 0.108. The van der Waals surface area contributed by atoms with Crippen molar-refractivity contribution in [2.45, 2.75) is 18.7 Å². The summed E-state index contributed by atoms with van der Waals surface area (Å²) >= 11 is 3.68. The Kier molecular flexibility index (Phi) is 12.3. The number of thiophene rings is 2. The molecule has 5 rings (SSSR count). The van der Waals surface area contributed by atoms with Crippen LogP contribution in [0.4, 0.5) is 16.4 Å². The standard InChI is InChI=1S/C37H32N4O6S3/c1-3-47-37(46)31-23(2)32(35(45)38-26-13-8-5-9-14-26)50-36(31)41-30(42)22-49-28-16-10-15-27(20-28)39-34(44)29(19-24-17-18-48-21-24)40-33(43)25-11-6-4-7-12-25/h4-21H,3,22H2,1-2H3,(H,38,45)(H,39,44)(H,40,43)(H,41,42)/b29-19-. The van der Waals surface area contributed by atoms with E-state index in [2.05, 4.69) is 21.3 Å². The second kappa shape index (κ2) is 17.2.